The first-order valence-corrected chi connectivity index (χ1v) is 13.2. The number of carbonyl (C=O) groups is 1. The van der Waals surface area contributed by atoms with E-state index in [2.05, 4.69) is 20.2 Å². The zero-order chi connectivity index (χ0) is 23.2. The van der Waals surface area contributed by atoms with Crippen molar-refractivity contribution in [2.24, 2.45) is 0 Å². The Morgan fingerprint density at radius 2 is 2.03 bits per heavy atom. The lowest BCUT2D eigenvalue weighted by atomic mass is 10.0. The Kier molecular flexibility index (Phi) is 7.77. The molecular formula is C20H18N5O4S4-. The third-order valence-corrected chi connectivity index (χ3v) is 7.65. The number of esters is 1. The van der Waals surface area contributed by atoms with Crippen LogP contribution in [0.15, 0.2) is 47.2 Å². The molecule has 0 saturated carbocycles. The Morgan fingerprint density at radius 3 is 2.73 bits per heavy atom. The van der Waals surface area contributed by atoms with Crippen molar-refractivity contribution < 1.29 is 18.3 Å². The molecule has 0 aliphatic heterocycles. The summed E-state index contributed by atoms with van der Waals surface area (Å²) >= 11 is 2.12. The molecule has 3 aromatic heterocycles. The number of rotatable bonds is 10. The van der Waals surface area contributed by atoms with Gasteiger partial charge in [-0.25, -0.2) is 4.98 Å². The van der Waals surface area contributed by atoms with Crippen LogP contribution in [0.2, 0.25) is 0 Å². The molecule has 0 saturated heterocycles. The number of thiazole rings is 1. The number of nitrogens with one attached hydrogen (secondary N) is 2. The van der Waals surface area contributed by atoms with Gasteiger partial charge in [0.15, 0.2) is 0 Å². The maximum absolute atomic E-state index is 11.5. The maximum Gasteiger partial charge on any atom is 0.312 e. The molecule has 1 aromatic carbocycles. The highest BCUT2D eigenvalue weighted by Gasteiger charge is 2.19. The Balaban J connectivity index is 1.55. The molecule has 0 bridgehead atoms. The van der Waals surface area contributed by atoms with Crippen molar-refractivity contribution in [3.63, 3.8) is 0 Å². The monoisotopic (exact) mass is 520 g/mol. The van der Waals surface area contributed by atoms with E-state index in [1.165, 1.54) is 18.4 Å². The van der Waals surface area contributed by atoms with Crippen molar-refractivity contribution >= 4 is 62.1 Å². The molecule has 4 aromatic rings. The minimum Gasteiger partial charge on any atom is -0.755 e. The number of hydrogen-bond donors (Lipinski definition) is 2. The van der Waals surface area contributed by atoms with Gasteiger partial charge in [-0.1, -0.05) is 29.5 Å². The molecule has 0 spiro atoms. The van der Waals surface area contributed by atoms with E-state index >= 15 is 0 Å². The minimum absolute atomic E-state index is 0.0648. The molecule has 4 rings (SSSR count). The topological polar surface area (TPSA) is 129 Å². The van der Waals surface area contributed by atoms with Crippen LogP contribution in [-0.2, 0) is 33.6 Å². The number of thiophene rings is 1. The fourth-order valence-electron chi connectivity index (χ4n) is 2.96. The average molecular weight is 521 g/mol. The van der Waals surface area contributed by atoms with Gasteiger partial charge in [0.2, 0.25) is 5.13 Å². The van der Waals surface area contributed by atoms with E-state index < -0.39 is 11.3 Å². The number of hydrogen-bond acceptors (Lipinski definition) is 11. The van der Waals surface area contributed by atoms with Crippen LogP contribution >= 0.6 is 34.0 Å². The SMILES string of the molecule is COC(=O)Cc1nnc(N[C@@H](Cc2ccc(NS(=O)[O-])cc2)c2csc(-c3cccs3)n2)s1. The van der Waals surface area contributed by atoms with Crippen molar-refractivity contribution in [3.8, 4) is 9.88 Å². The average Bonchev–Trinajstić information content (AvgIpc) is 3.56. The molecule has 9 nitrogen and oxygen atoms in total. The van der Waals surface area contributed by atoms with Gasteiger partial charge in [-0.3, -0.25) is 9.00 Å². The van der Waals surface area contributed by atoms with Crippen LogP contribution in [-0.4, -0.2) is 37.0 Å². The second-order valence-corrected chi connectivity index (χ2v) is 10.3. The number of methoxy groups -OCH3 is 1. The lowest BCUT2D eigenvalue weighted by Gasteiger charge is -2.17. The second-order valence-electron chi connectivity index (χ2n) is 6.74. The van der Waals surface area contributed by atoms with Crippen LogP contribution in [0.4, 0.5) is 10.8 Å². The first kappa shape index (κ1) is 23.4. The molecule has 0 fully saturated rings. The van der Waals surface area contributed by atoms with Gasteiger partial charge in [-0.15, -0.1) is 32.9 Å². The fourth-order valence-corrected chi connectivity index (χ4v) is 5.75. The Labute approximate surface area is 204 Å². The summed E-state index contributed by atoms with van der Waals surface area (Å²) in [7, 11) is 1.33. The molecule has 0 aliphatic carbocycles. The predicted molar refractivity (Wildman–Crippen MR) is 130 cm³/mol. The smallest absolute Gasteiger partial charge is 0.312 e. The van der Waals surface area contributed by atoms with E-state index in [0.29, 0.717) is 22.2 Å². The zero-order valence-corrected chi connectivity index (χ0v) is 20.5. The van der Waals surface area contributed by atoms with Crippen molar-refractivity contribution in [1.29, 1.82) is 0 Å². The number of nitrogens with zero attached hydrogens (tertiary/aromatic N) is 3. The lowest BCUT2D eigenvalue weighted by molar-refractivity contribution is -0.139. The summed E-state index contributed by atoms with van der Waals surface area (Å²) in [6.45, 7) is 0. The van der Waals surface area contributed by atoms with E-state index in [4.69, 9.17) is 9.72 Å². The number of benzene rings is 1. The van der Waals surface area contributed by atoms with E-state index in [1.807, 2.05) is 35.0 Å². The molecule has 13 heteroatoms. The standard InChI is InChI=1S/C20H19N5O4S4/c1-29-18(26)10-17-23-24-20(32-17)22-14(9-12-4-6-13(7-5-12)25-33(27)28)15-11-31-19(21-15)16-3-2-8-30-16/h2-8,11,14,25H,9-10H2,1H3,(H,22,24)(H,27,28)/p-1/t14-/m0/s1. The van der Waals surface area contributed by atoms with Gasteiger partial charge in [-0.2, -0.15) is 0 Å². The fraction of sp³-hybridized carbons (Fsp3) is 0.200. The van der Waals surface area contributed by atoms with E-state index in [-0.39, 0.29) is 18.4 Å². The van der Waals surface area contributed by atoms with Crippen LogP contribution < -0.4 is 10.0 Å². The molecule has 2 atom stereocenters. The summed E-state index contributed by atoms with van der Waals surface area (Å²) in [5.74, 6) is -0.373. The van der Waals surface area contributed by atoms with Gasteiger partial charge in [0.05, 0.1) is 30.1 Å². The third-order valence-electron chi connectivity index (χ3n) is 4.49. The highest BCUT2D eigenvalue weighted by molar-refractivity contribution is 7.80. The summed E-state index contributed by atoms with van der Waals surface area (Å²) in [5, 5.41) is 17.7. The van der Waals surface area contributed by atoms with Gasteiger partial charge in [0, 0.05) is 22.3 Å². The molecule has 0 aliphatic rings. The summed E-state index contributed by atoms with van der Waals surface area (Å²) in [6, 6.07) is 11.0. The normalized spacial score (nSPS) is 12.8. The highest BCUT2D eigenvalue weighted by atomic mass is 32.2. The van der Waals surface area contributed by atoms with Crippen LogP contribution in [0.25, 0.3) is 9.88 Å². The Bertz CT molecular complexity index is 1220. The number of carbonyl (C=O) groups excluding carboxylic acids is 1. The first-order valence-electron chi connectivity index (χ1n) is 9.60. The molecule has 2 N–H and O–H groups in total. The number of anilines is 2. The molecule has 172 valence electrons. The van der Waals surface area contributed by atoms with Crippen LogP contribution in [0.5, 0.6) is 0 Å². The summed E-state index contributed by atoms with van der Waals surface area (Å²) in [4.78, 5) is 17.5. The quantitative estimate of drug-likeness (QED) is 0.237. The third kappa shape index (κ3) is 6.42. The number of ether oxygens (including phenoxy) is 1. The lowest BCUT2D eigenvalue weighted by Crippen LogP contribution is -2.14. The van der Waals surface area contributed by atoms with E-state index in [9.17, 15) is 13.6 Å². The van der Waals surface area contributed by atoms with Gasteiger partial charge < -0.3 is 19.3 Å². The predicted octanol–water partition coefficient (Wildman–Crippen LogP) is 4.04. The summed E-state index contributed by atoms with van der Waals surface area (Å²) in [5.41, 5.74) is 2.33. The van der Waals surface area contributed by atoms with Crippen molar-refractivity contribution in [2.75, 3.05) is 17.1 Å². The molecule has 0 amide bonds. The van der Waals surface area contributed by atoms with E-state index in [1.54, 1.807) is 34.8 Å². The summed E-state index contributed by atoms with van der Waals surface area (Å²) in [6.07, 6.45) is 0.648. The maximum atomic E-state index is 11.5. The van der Waals surface area contributed by atoms with Crippen molar-refractivity contribution in [3.05, 3.63) is 63.4 Å². The Morgan fingerprint density at radius 1 is 1.21 bits per heavy atom. The van der Waals surface area contributed by atoms with Gasteiger partial charge in [-0.05, 0) is 35.6 Å². The van der Waals surface area contributed by atoms with Crippen LogP contribution in [0.3, 0.4) is 0 Å². The van der Waals surface area contributed by atoms with Crippen LogP contribution in [0.1, 0.15) is 22.3 Å². The van der Waals surface area contributed by atoms with Crippen molar-refractivity contribution in [1.82, 2.24) is 15.2 Å². The van der Waals surface area contributed by atoms with Gasteiger partial charge >= 0.3 is 5.97 Å². The van der Waals surface area contributed by atoms with Gasteiger partial charge in [0.25, 0.3) is 0 Å². The first-order chi connectivity index (χ1) is 16.0. The molecule has 0 radical (unpaired) electrons. The molecule has 3 heterocycles. The zero-order valence-electron chi connectivity index (χ0n) is 17.2. The van der Waals surface area contributed by atoms with E-state index in [0.717, 1.165) is 21.1 Å². The van der Waals surface area contributed by atoms with Gasteiger partial charge in [0.1, 0.15) is 10.0 Å². The van der Waals surface area contributed by atoms with Crippen LogP contribution in [0, 0.1) is 0 Å². The van der Waals surface area contributed by atoms with Crippen molar-refractivity contribution in [2.45, 2.75) is 18.9 Å². The Hall–Kier alpha value is -2.71. The molecular weight excluding hydrogens is 503 g/mol. The molecule has 1 unspecified atom stereocenters. The molecule has 33 heavy (non-hydrogen) atoms. The second kappa shape index (κ2) is 10.9. The highest BCUT2D eigenvalue weighted by Crippen LogP contribution is 2.32. The minimum atomic E-state index is -2.37. The summed E-state index contributed by atoms with van der Waals surface area (Å²) < 4.78 is 28.7. The number of aromatic nitrogens is 3. The largest absolute Gasteiger partial charge is 0.755 e.